The summed E-state index contributed by atoms with van der Waals surface area (Å²) in [6, 6.07) is 8.88. The molecule has 8 heteroatoms. The van der Waals surface area contributed by atoms with Gasteiger partial charge in [-0.1, -0.05) is 23.2 Å². The molecular weight excluding hydrogens is 393 g/mol. The first-order valence-electron chi connectivity index (χ1n) is 7.85. The quantitative estimate of drug-likeness (QED) is 0.549. The largest absolute Gasteiger partial charge is 0.468 e. The van der Waals surface area contributed by atoms with Gasteiger partial charge >= 0.3 is 0 Å². The summed E-state index contributed by atoms with van der Waals surface area (Å²) >= 11 is 13.5. The number of halogens is 2. The Bertz CT molecular complexity index is 896. The standard InChI is InChI=1S/C18H17Cl2N3O2S/c1-12(24)23(14-5-6-16(19)17(20)8-14)18-21-13(11-26-18)9-22(2)10-15-4-3-7-25-15/h3-8,11H,9-10H2,1-2H3. The van der Waals surface area contributed by atoms with E-state index in [1.54, 1.807) is 24.5 Å². The van der Waals surface area contributed by atoms with Gasteiger partial charge in [-0.2, -0.15) is 0 Å². The van der Waals surface area contributed by atoms with E-state index in [1.807, 2.05) is 24.6 Å². The van der Waals surface area contributed by atoms with Gasteiger partial charge in [0.15, 0.2) is 5.13 Å². The first-order valence-corrected chi connectivity index (χ1v) is 9.48. The lowest BCUT2D eigenvalue weighted by molar-refractivity contribution is -0.115. The first-order chi connectivity index (χ1) is 12.4. The number of nitrogens with zero attached hydrogens (tertiary/aromatic N) is 3. The molecule has 0 spiro atoms. The van der Waals surface area contributed by atoms with Crippen molar-refractivity contribution in [3.63, 3.8) is 0 Å². The highest BCUT2D eigenvalue weighted by Crippen LogP contribution is 2.33. The van der Waals surface area contributed by atoms with Gasteiger partial charge in [0.25, 0.3) is 0 Å². The molecule has 0 radical (unpaired) electrons. The molecule has 0 aliphatic carbocycles. The van der Waals surface area contributed by atoms with E-state index in [4.69, 9.17) is 27.6 Å². The maximum Gasteiger partial charge on any atom is 0.230 e. The number of amides is 1. The number of benzene rings is 1. The maximum atomic E-state index is 12.2. The van der Waals surface area contributed by atoms with Crippen LogP contribution in [0.2, 0.25) is 10.0 Å². The molecule has 0 unspecified atom stereocenters. The van der Waals surface area contributed by atoms with E-state index >= 15 is 0 Å². The van der Waals surface area contributed by atoms with Crippen molar-refractivity contribution < 1.29 is 9.21 Å². The molecule has 136 valence electrons. The van der Waals surface area contributed by atoms with Gasteiger partial charge in [-0.25, -0.2) is 4.98 Å². The molecule has 3 rings (SSSR count). The van der Waals surface area contributed by atoms with Crippen molar-refractivity contribution in [2.45, 2.75) is 20.0 Å². The summed E-state index contributed by atoms with van der Waals surface area (Å²) in [5.74, 6) is 0.748. The third-order valence-corrected chi connectivity index (χ3v) is 5.26. The van der Waals surface area contributed by atoms with Crippen molar-refractivity contribution in [1.82, 2.24) is 9.88 Å². The Morgan fingerprint density at radius 2 is 2.04 bits per heavy atom. The number of thiazole rings is 1. The Morgan fingerprint density at radius 1 is 1.23 bits per heavy atom. The second-order valence-corrected chi connectivity index (χ2v) is 7.48. The third kappa shape index (κ3) is 4.45. The Morgan fingerprint density at radius 3 is 2.69 bits per heavy atom. The molecule has 1 amide bonds. The number of furan rings is 1. The van der Waals surface area contributed by atoms with E-state index < -0.39 is 0 Å². The molecule has 0 saturated heterocycles. The molecule has 5 nitrogen and oxygen atoms in total. The summed E-state index contributed by atoms with van der Waals surface area (Å²) in [5, 5.41) is 3.38. The number of aromatic nitrogens is 1. The van der Waals surface area contributed by atoms with E-state index in [0.717, 1.165) is 11.5 Å². The Kier molecular flexibility index (Phi) is 5.98. The zero-order chi connectivity index (χ0) is 18.7. The van der Waals surface area contributed by atoms with Gasteiger partial charge in [-0.05, 0) is 37.4 Å². The van der Waals surface area contributed by atoms with Crippen LogP contribution in [0.3, 0.4) is 0 Å². The zero-order valence-electron chi connectivity index (χ0n) is 14.3. The monoisotopic (exact) mass is 409 g/mol. The van der Waals surface area contributed by atoms with E-state index in [0.29, 0.717) is 34.0 Å². The highest BCUT2D eigenvalue weighted by molar-refractivity contribution is 7.14. The van der Waals surface area contributed by atoms with Crippen molar-refractivity contribution in [1.29, 1.82) is 0 Å². The van der Waals surface area contributed by atoms with Gasteiger partial charge in [0.05, 0.1) is 34.2 Å². The van der Waals surface area contributed by atoms with Crippen LogP contribution in [-0.2, 0) is 17.9 Å². The summed E-state index contributed by atoms with van der Waals surface area (Å²) in [4.78, 5) is 20.4. The SMILES string of the molecule is CC(=O)N(c1ccc(Cl)c(Cl)c1)c1nc(CN(C)Cc2ccco2)cs1. The summed E-state index contributed by atoms with van der Waals surface area (Å²) in [7, 11) is 1.99. The lowest BCUT2D eigenvalue weighted by Gasteiger charge is -2.18. The molecule has 0 atom stereocenters. The van der Waals surface area contributed by atoms with Gasteiger partial charge in [-0.15, -0.1) is 11.3 Å². The number of anilines is 2. The lowest BCUT2D eigenvalue weighted by Crippen LogP contribution is -2.23. The summed E-state index contributed by atoms with van der Waals surface area (Å²) in [5.41, 5.74) is 1.52. The topological polar surface area (TPSA) is 49.6 Å². The van der Waals surface area contributed by atoms with Crippen LogP contribution in [0.25, 0.3) is 0 Å². The molecule has 0 aliphatic heterocycles. The second kappa shape index (κ2) is 8.22. The number of carbonyl (C=O) groups is 1. The average Bonchev–Trinajstić information content (AvgIpc) is 3.23. The van der Waals surface area contributed by atoms with Crippen LogP contribution >= 0.6 is 34.5 Å². The molecule has 0 aliphatic rings. The molecule has 0 fully saturated rings. The third-order valence-electron chi connectivity index (χ3n) is 3.64. The molecule has 0 saturated carbocycles. The summed E-state index contributed by atoms with van der Waals surface area (Å²) in [6.07, 6.45) is 1.66. The van der Waals surface area contributed by atoms with Crippen LogP contribution < -0.4 is 4.90 Å². The van der Waals surface area contributed by atoms with Crippen molar-refractivity contribution in [2.75, 3.05) is 11.9 Å². The predicted octanol–water partition coefficient (Wildman–Crippen LogP) is 5.36. The maximum absolute atomic E-state index is 12.2. The summed E-state index contributed by atoms with van der Waals surface area (Å²) in [6.45, 7) is 2.82. The Hall–Kier alpha value is -1.86. The van der Waals surface area contributed by atoms with Gasteiger partial charge in [0.2, 0.25) is 5.91 Å². The minimum Gasteiger partial charge on any atom is -0.468 e. The van der Waals surface area contributed by atoms with Crippen LogP contribution in [0, 0.1) is 0 Å². The molecular formula is C18H17Cl2N3O2S. The Labute approximate surface area is 165 Å². The summed E-state index contributed by atoms with van der Waals surface area (Å²) < 4.78 is 5.36. The zero-order valence-corrected chi connectivity index (χ0v) is 16.6. The molecule has 2 heterocycles. The van der Waals surface area contributed by atoms with E-state index in [1.165, 1.54) is 23.2 Å². The van der Waals surface area contributed by atoms with Crippen LogP contribution in [0.4, 0.5) is 10.8 Å². The molecule has 2 aromatic heterocycles. The first kappa shape index (κ1) is 18.9. The number of carbonyl (C=O) groups excluding carboxylic acids is 1. The van der Waals surface area contributed by atoms with E-state index in [-0.39, 0.29) is 5.91 Å². The minimum atomic E-state index is -0.145. The smallest absolute Gasteiger partial charge is 0.230 e. The number of hydrogen-bond donors (Lipinski definition) is 0. The minimum absolute atomic E-state index is 0.145. The number of rotatable bonds is 6. The van der Waals surface area contributed by atoms with Crippen LogP contribution in [0.15, 0.2) is 46.4 Å². The molecule has 1 aromatic carbocycles. The molecule has 0 N–H and O–H groups in total. The van der Waals surface area contributed by atoms with Crippen molar-refractivity contribution >= 4 is 51.3 Å². The fourth-order valence-electron chi connectivity index (χ4n) is 2.52. The lowest BCUT2D eigenvalue weighted by atomic mass is 10.3. The van der Waals surface area contributed by atoms with Gasteiger partial charge in [-0.3, -0.25) is 14.6 Å². The van der Waals surface area contributed by atoms with Crippen LogP contribution in [0.1, 0.15) is 18.4 Å². The fourth-order valence-corrected chi connectivity index (χ4v) is 3.69. The fraction of sp³-hybridized carbons (Fsp3) is 0.222. The molecule has 26 heavy (non-hydrogen) atoms. The normalized spacial score (nSPS) is 11.1. The second-order valence-electron chi connectivity index (χ2n) is 5.83. The van der Waals surface area contributed by atoms with Gasteiger partial charge in [0, 0.05) is 18.8 Å². The van der Waals surface area contributed by atoms with Crippen molar-refractivity contribution in [3.8, 4) is 0 Å². The highest BCUT2D eigenvalue weighted by Gasteiger charge is 2.19. The van der Waals surface area contributed by atoms with Crippen LogP contribution in [-0.4, -0.2) is 22.8 Å². The predicted molar refractivity (Wildman–Crippen MR) is 105 cm³/mol. The van der Waals surface area contributed by atoms with Gasteiger partial charge in [0.1, 0.15) is 5.76 Å². The van der Waals surface area contributed by atoms with E-state index in [9.17, 15) is 4.79 Å². The molecule has 0 bridgehead atoms. The average molecular weight is 410 g/mol. The highest BCUT2D eigenvalue weighted by atomic mass is 35.5. The van der Waals surface area contributed by atoms with Crippen LogP contribution in [0.5, 0.6) is 0 Å². The van der Waals surface area contributed by atoms with E-state index in [2.05, 4.69) is 9.88 Å². The molecule has 3 aromatic rings. The Balaban J connectivity index is 1.77. The number of hydrogen-bond acceptors (Lipinski definition) is 5. The van der Waals surface area contributed by atoms with Gasteiger partial charge < -0.3 is 4.42 Å². The van der Waals surface area contributed by atoms with Crippen molar-refractivity contribution in [2.24, 2.45) is 0 Å². The van der Waals surface area contributed by atoms with Crippen molar-refractivity contribution in [3.05, 3.63) is 63.5 Å².